The zero-order valence-electron chi connectivity index (χ0n) is 8.35. The van der Waals surface area contributed by atoms with Gasteiger partial charge in [0.05, 0.1) is 0 Å². The third-order valence-electron chi connectivity index (χ3n) is 1.88. The summed E-state index contributed by atoms with van der Waals surface area (Å²) in [6, 6.07) is 20.8. The SMILES string of the molecule is [Cl-].[Cl-].[Cl-].[Sb+3].c1ccc(-c2ccccc2)cc1. The molecule has 16 heavy (non-hydrogen) atoms. The van der Waals surface area contributed by atoms with E-state index in [0.717, 1.165) is 0 Å². The molecule has 0 amide bonds. The Morgan fingerprint density at radius 3 is 0.938 bits per heavy atom. The summed E-state index contributed by atoms with van der Waals surface area (Å²) in [7, 11) is 0. The molecule has 0 bridgehead atoms. The molecule has 4 heteroatoms. The Hall–Kier alpha value is 0.128. The van der Waals surface area contributed by atoms with E-state index in [4.69, 9.17) is 0 Å². The first-order valence-corrected chi connectivity index (χ1v) is 4.07. The van der Waals surface area contributed by atoms with Gasteiger partial charge in [-0.05, 0) is 11.1 Å². The molecule has 0 aliphatic rings. The minimum Gasteiger partial charge on any atom is -1.00 e. The third kappa shape index (κ3) is 6.01. The van der Waals surface area contributed by atoms with Crippen molar-refractivity contribution < 1.29 is 37.2 Å². The third-order valence-corrected chi connectivity index (χ3v) is 1.88. The molecule has 0 aliphatic heterocycles. The van der Waals surface area contributed by atoms with Crippen LogP contribution in [0.2, 0.25) is 0 Å². The second-order valence-electron chi connectivity index (χ2n) is 2.73. The first-order chi connectivity index (χ1) is 5.97. The van der Waals surface area contributed by atoms with Gasteiger partial charge in [0.2, 0.25) is 0 Å². The van der Waals surface area contributed by atoms with E-state index in [-0.39, 0.29) is 61.6 Å². The monoisotopic (exact) mass is 380 g/mol. The number of hydrogen-bond donors (Lipinski definition) is 0. The maximum absolute atomic E-state index is 2.12. The second kappa shape index (κ2) is 11.6. The van der Waals surface area contributed by atoms with Gasteiger partial charge in [-0.3, -0.25) is 0 Å². The summed E-state index contributed by atoms with van der Waals surface area (Å²) in [5, 5.41) is 0. The smallest absolute Gasteiger partial charge is 1.00 e. The van der Waals surface area contributed by atoms with Crippen LogP contribution in [0.5, 0.6) is 0 Å². The minimum atomic E-state index is 0. The number of benzene rings is 2. The molecule has 0 heterocycles. The zero-order valence-corrected chi connectivity index (χ0v) is 13.2. The molecule has 0 saturated heterocycles. The van der Waals surface area contributed by atoms with Crippen molar-refractivity contribution in [2.45, 2.75) is 0 Å². The molecular weight excluding hydrogens is 372 g/mol. The van der Waals surface area contributed by atoms with Gasteiger partial charge in [-0.15, -0.1) is 0 Å². The fraction of sp³-hybridized carbons (Fsp3) is 0. The van der Waals surface area contributed by atoms with E-state index in [0.29, 0.717) is 0 Å². The maximum atomic E-state index is 2.12. The normalized spacial score (nSPS) is 7.25. The predicted octanol–water partition coefficient (Wildman–Crippen LogP) is -6.02. The van der Waals surface area contributed by atoms with E-state index in [9.17, 15) is 0 Å². The average Bonchev–Trinajstić information content (AvgIpc) is 2.21. The first-order valence-electron chi connectivity index (χ1n) is 4.07. The summed E-state index contributed by atoms with van der Waals surface area (Å²) in [4.78, 5) is 0. The Bertz CT molecular complexity index is 314. The summed E-state index contributed by atoms with van der Waals surface area (Å²) in [6.07, 6.45) is 0. The Kier molecular flexibility index (Phi) is 15.5. The van der Waals surface area contributed by atoms with Gasteiger partial charge in [0, 0.05) is 0 Å². The van der Waals surface area contributed by atoms with E-state index in [2.05, 4.69) is 48.5 Å². The first kappa shape index (κ1) is 21.4. The standard InChI is InChI=1S/C12H10.3ClH.Sb/c1-3-7-11(8-4-1)12-9-5-2-6-10-12;;;;/h1-10H;3*1H;/q;;;;+3/p-3. The van der Waals surface area contributed by atoms with Gasteiger partial charge in [-0.1, -0.05) is 60.7 Å². The van der Waals surface area contributed by atoms with Gasteiger partial charge in [0.25, 0.3) is 0 Å². The van der Waals surface area contributed by atoms with Gasteiger partial charge in [-0.2, -0.15) is 0 Å². The van der Waals surface area contributed by atoms with Crippen LogP contribution in [0, 0.1) is 0 Å². The van der Waals surface area contributed by atoms with Crippen LogP contribution >= 0.6 is 0 Å². The Morgan fingerprint density at radius 1 is 0.438 bits per heavy atom. The van der Waals surface area contributed by atoms with Gasteiger partial charge < -0.3 is 37.2 Å². The molecule has 0 saturated carbocycles. The van der Waals surface area contributed by atoms with Crippen LogP contribution in [0.1, 0.15) is 0 Å². The van der Waals surface area contributed by atoms with Crippen molar-refractivity contribution in [3.05, 3.63) is 60.7 Å². The van der Waals surface area contributed by atoms with Crippen molar-refractivity contribution in [3.63, 3.8) is 0 Å². The molecule has 0 aliphatic carbocycles. The van der Waals surface area contributed by atoms with Crippen LogP contribution < -0.4 is 37.2 Å². The largest absolute Gasteiger partial charge is 3.00 e. The van der Waals surface area contributed by atoms with Crippen LogP contribution in [0.15, 0.2) is 60.7 Å². The van der Waals surface area contributed by atoms with Crippen molar-refractivity contribution in [3.8, 4) is 11.1 Å². The molecule has 0 N–H and O–H groups in total. The van der Waals surface area contributed by atoms with Crippen molar-refractivity contribution >= 4 is 24.4 Å². The molecular formula is C12H10Cl3Sb. The molecule has 0 aromatic heterocycles. The van der Waals surface area contributed by atoms with Crippen LogP contribution in [-0.4, -0.2) is 24.4 Å². The average molecular weight is 382 g/mol. The summed E-state index contributed by atoms with van der Waals surface area (Å²) in [5.74, 6) is 0. The summed E-state index contributed by atoms with van der Waals surface area (Å²) in [6.45, 7) is 0. The van der Waals surface area contributed by atoms with E-state index >= 15 is 0 Å². The molecule has 0 fully saturated rings. The van der Waals surface area contributed by atoms with Crippen molar-refractivity contribution in [1.29, 1.82) is 0 Å². The van der Waals surface area contributed by atoms with E-state index < -0.39 is 0 Å². The molecule has 2 aromatic carbocycles. The molecule has 2 rings (SSSR count). The van der Waals surface area contributed by atoms with Crippen molar-refractivity contribution in [2.24, 2.45) is 0 Å². The maximum Gasteiger partial charge on any atom is 3.00 e. The Balaban J connectivity index is -0.000000422. The van der Waals surface area contributed by atoms with Gasteiger partial charge in [0.15, 0.2) is 0 Å². The number of hydrogen-bond acceptors (Lipinski definition) is 0. The van der Waals surface area contributed by atoms with Crippen molar-refractivity contribution in [2.75, 3.05) is 0 Å². The van der Waals surface area contributed by atoms with Gasteiger partial charge in [-0.25, -0.2) is 0 Å². The number of rotatable bonds is 1. The van der Waals surface area contributed by atoms with Gasteiger partial charge in [0.1, 0.15) is 0 Å². The fourth-order valence-corrected chi connectivity index (χ4v) is 1.26. The van der Waals surface area contributed by atoms with E-state index in [1.165, 1.54) is 11.1 Å². The molecule has 2 radical (unpaired) electrons. The zero-order chi connectivity index (χ0) is 8.23. The second-order valence-corrected chi connectivity index (χ2v) is 2.73. The quantitative estimate of drug-likeness (QED) is 0.431. The fourth-order valence-electron chi connectivity index (χ4n) is 1.26. The van der Waals surface area contributed by atoms with Crippen LogP contribution in [0.4, 0.5) is 0 Å². The van der Waals surface area contributed by atoms with E-state index in [1.807, 2.05) is 12.1 Å². The number of halogens is 3. The summed E-state index contributed by atoms with van der Waals surface area (Å²) in [5.41, 5.74) is 2.55. The van der Waals surface area contributed by atoms with Crippen LogP contribution in [0.3, 0.4) is 0 Å². The molecule has 84 valence electrons. The molecule has 0 nitrogen and oxygen atoms in total. The predicted molar refractivity (Wildman–Crippen MR) is 57.6 cm³/mol. The molecule has 0 spiro atoms. The Morgan fingerprint density at radius 2 is 0.688 bits per heavy atom. The van der Waals surface area contributed by atoms with E-state index in [1.54, 1.807) is 0 Å². The molecule has 2 aromatic rings. The summed E-state index contributed by atoms with van der Waals surface area (Å²) < 4.78 is 0. The van der Waals surface area contributed by atoms with Crippen LogP contribution in [0.25, 0.3) is 11.1 Å². The Labute approximate surface area is 133 Å². The molecule has 0 unspecified atom stereocenters. The topological polar surface area (TPSA) is 0 Å². The minimum absolute atomic E-state index is 0. The van der Waals surface area contributed by atoms with Crippen LogP contribution in [-0.2, 0) is 0 Å². The molecule has 0 atom stereocenters. The van der Waals surface area contributed by atoms with Gasteiger partial charge >= 0.3 is 24.4 Å². The van der Waals surface area contributed by atoms with Crippen molar-refractivity contribution in [1.82, 2.24) is 0 Å². The summed E-state index contributed by atoms with van der Waals surface area (Å²) >= 11 is 0.